The molecule has 10 heteroatoms. The molecule has 0 spiro atoms. The molecule has 9 nitrogen and oxygen atoms in total. The number of carbonyl (C=O) groups is 1. The molecule has 1 amide bonds. The number of aliphatic hydroxyl groups excluding tert-OH is 1. The van der Waals surface area contributed by atoms with Crippen LogP contribution in [0, 0.1) is 0 Å². The first-order valence-electron chi connectivity index (χ1n) is 14.3. The minimum atomic E-state index is -1.40. The Morgan fingerprint density at radius 3 is 2.41 bits per heavy atom. The lowest BCUT2D eigenvalue weighted by Crippen LogP contribution is -2.49. The highest BCUT2D eigenvalue weighted by Crippen LogP contribution is 2.43. The minimum absolute atomic E-state index is 0.0533. The van der Waals surface area contributed by atoms with E-state index in [0.717, 1.165) is 22.3 Å². The monoisotopic (exact) mass is 609 g/mol. The molecule has 0 unspecified atom stereocenters. The number of carbonyl (C=O) groups excluding carboxylic acids is 1. The molecule has 224 valence electrons. The molecule has 1 aliphatic heterocycles. The summed E-state index contributed by atoms with van der Waals surface area (Å²) in [5.74, 6) is 0.674. The van der Waals surface area contributed by atoms with Crippen molar-refractivity contribution in [3.63, 3.8) is 0 Å². The highest BCUT2D eigenvalue weighted by molar-refractivity contribution is 6.30. The zero-order chi connectivity index (χ0) is 30.8. The fourth-order valence-electron chi connectivity index (χ4n) is 5.13. The summed E-state index contributed by atoms with van der Waals surface area (Å²) in [6.07, 6.45) is -0.0236. The van der Waals surface area contributed by atoms with Crippen molar-refractivity contribution in [1.29, 1.82) is 0 Å². The maximum Gasteiger partial charge on any atom is 0.252 e. The van der Waals surface area contributed by atoms with E-state index < -0.39 is 11.6 Å². The average Bonchev–Trinajstić information content (AvgIpc) is 3.45. The first kappa shape index (κ1) is 30.6. The van der Waals surface area contributed by atoms with Crippen LogP contribution < -0.4 is 10.1 Å². The molecule has 2 N–H and O–H groups in total. The SMILES string of the molecule is [N-]=[N+]=NCc1ccccc1C[C@@]1(C(=O)NCc2ccc(Cl)cc2)N=C(c2ccc(OCCCO)cc2)O[C@@H]1c1ccccc1. The number of aliphatic imine (C=N–C) groups is 1. The van der Waals surface area contributed by atoms with E-state index in [1.165, 1.54) is 0 Å². The summed E-state index contributed by atoms with van der Waals surface area (Å²) >= 11 is 6.07. The molecule has 0 bridgehead atoms. The Kier molecular flexibility index (Phi) is 10.1. The Morgan fingerprint density at radius 2 is 1.70 bits per heavy atom. The molecule has 2 atom stereocenters. The number of hydrogen-bond donors (Lipinski definition) is 2. The fraction of sp³-hybridized carbons (Fsp3) is 0.235. The van der Waals surface area contributed by atoms with Gasteiger partial charge in [-0.15, -0.1) is 0 Å². The van der Waals surface area contributed by atoms with Crippen molar-refractivity contribution in [2.75, 3.05) is 13.2 Å². The zero-order valence-corrected chi connectivity index (χ0v) is 24.7. The zero-order valence-electron chi connectivity index (χ0n) is 24.0. The standard InChI is InChI=1S/C34H32ClN5O4/c35-29-15-11-24(12-16-29)22-37-33(42)34(21-27-9-4-5-10-28(27)23-38-40-36)31(25-7-2-1-3-8-25)44-32(39-34)26-13-17-30(18-14-26)43-20-6-19-41/h1-5,7-18,31,41H,6,19-23H2,(H,37,42)/t31-,34-/m1/s1. The largest absolute Gasteiger partial charge is 0.494 e. The van der Waals surface area contributed by atoms with E-state index in [-0.39, 0.29) is 32.0 Å². The summed E-state index contributed by atoms with van der Waals surface area (Å²) in [7, 11) is 0. The predicted octanol–water partition coefficient (Wildman–Crippen LogP) is 6.73. The highest BCUT2D eigenvalue weighted by Gasteiger charge is 2.53. The van der Waals surface area contributed by atoms with Crippen LogP contribution in [0.2, 0.25) is 5.02 Å². The van der Waals surface area contributed by atoms with Crippen LogP contribution in [0.25, 0.3) is 10.4 Å². The van der Waals surface area contributed by atoms with Gasteiger partial charge >= 0.3 is 0 Å². The van der Waals surface area contributed by atoms with Gasteiger partial charge in [0.15, 0.2) is 11.6 Å². The van der Waals surface area contributed by atoms with Gasteiger partial charge in [0.05, 0.1) is 13.2 Å². The lowest BCUT2D eigenvalue weighted by Gasteiger charge is -2.31. The minimum Gasteiger partial charge on any atom is -0.494 e. The first-order valence-corrected chi connectivity index (χ1v) is 14.7. The van der Waals surface area contributed by atoms with Crippen molar-refractivity contribution in [3.05, 3.63) is 146 Å². The predicted molar refractivity (Wildman–Crippen MR) is 169 cm³/mol. The van der Waals surface area contributed by atoms with Gasteiger partial charge in [-0.05, 0) is 64.2 Å². The van der Waals surface area contributed by atoms with Gasteiger partial charge in [-0.2, -0.15) is 0 Å². The lowest BCUT2D eigenvalue weighted by atomic mass is 9.81. The molecule has 0 saturated carbocycles. The number of azide groups is 1. The molecular formula is C34H32ClN5O4. The molecule has 4 aromatic carbocycles. The fourth-order valence-corrected chi connectivity index (χ4v) is 5.26. The van der Waals surface area contributed by atoms with Crippen LogP contribution in [0.1, 0.15) is 40.3 Å². The van der Waals surface area contributed by atoms with Crippen LogP contribution in [0.4, 0.5) is 0 Å². The van der Waals surface area contributed by atoms with Crippen LogP contribution >= 0.6 is 11.6 Å². The Bertz CT molecular complexity index is 1640. The maximum absolute atomic E-state index is 14.5. The summed E-state index contributed by atoms with van der Waals surface area (Å²) in [4.78, 5) is 22.5. The average molecular weight is 610 g/mol. The number of aliphatic hydroxyl groups is 1. The van der Waals surface area contributed by atoms with Gasteiger partial charge in [0.2, 0.25) is 5.90 Å². The van der Waals surface area contributed by atoms with Crippen molar-refractivity contribution in [2.24, 2.45) is 10.1 Å². The Hall–Kier alpha value is -4.82. The van der Waals surface area contributed by atoms with Crippen molar-refractivity contribution in [3.8, 4) is 5.75 Å². The first-order chi connectivity index (χ1) is 21.5. The summed E-state index contributed by atoms with van der Waals surface area (Å²) in [6, 6.07) is 31.7. The van der Waals surface area contributed by atoms with E-state index in [9.17, 15) is 4.79 Å². The van der Waals surface area contributed by atoms with Gasteiger partial charge in [0.25, 0.3) is 5.91 Å². The van der Waals surface area contributed by atoms with Crippen molar-refractivity contribution in [2.45, 2.75) is 37.6 Å². The summed E-state index contributed by atoms with van der Waals surface area (Å²) in [6.45, 7) is 0.859. The van der Waals surface area contributed by atoms with Crippen molar-refractivity contribution in [1.82, 2.24) is 5.32 Å². The number of benzene rings is 4. The normalized spacial score (nSPS) is 17.2. The quantitative estimate of drug-likeness (QED) is 0.0753. The third kappa shape index (κ3) is 7.21. The van der Waals surface area contributed by atoms with Crippen LogP contribution in [0.5, 0.6) is 5.75 Å². The molecule has 44 heavy (non-hydrogen) atoms. The maximum atomic E-state index is 14.5. The van der Waals surface area contributed by atoms with Gasteiger partial charge in [-0.3, -0.25) is 4.79 Å². The molecule has 0 saturated heterocycles. The molecule has 0 aliphatic carbocycles. The molecule has 1 heterocycles. The van der Waals surface area contributed by atoms with Crippen LogP contribution in [0.15, 0.2) is 113 Å². The Balaban J connectivity index is 1.57. The Labute approximate surface area is 260 Å². The van der Waals surface area contributed by atoms with E-state index in [0.29, 0.717) is 35.3 Å². The van der Waals surface area contributed by atoms with E-state index >= 15 is 0 Å². The number of nitrogens with zero attached hydrogens (tertiary/aromatic N) is 4. The summed E-state index contributed by atoms with van der Waals surface area (Å²) in [5, 5.41) is 16.5. The topological polar surface area (TPSA) is 129 Å². The molecule has 1 aliphatic rings. The number of ether oxygens (including phenoxy) is 2. The highest BCUT2D eigenvalue weighted by atomic mass is 35.5. The van der Waals surface area contributed by atoms with E-state index in [2.05, 4.69) is 15.3 Å². The summed E-state index contributed by atoms with van der Waals surface area (Å²) in [5.41, 5.74) is 11.6. The van der Waals surface area contributed by atoms with Crippen LogP contribution in [0.3, 0.4) is 0 Å². The van der Waals surface area contributed by atoms with Crippen LogP contribution in [-0.4, -0.2) is 35.7 Å². The third-order valence-electron chi connectivity index (χ3n) is 7.38. The van der Waals surface area contributed by atoms with E-state index in [1.807, 2.05) is 91.0 Å². The number of halogens is 1. The second-order valence-electron chi connectivity index (χ2n) is 10.3. The van der Waals surface area contributed by atoms with E-state index in [1.54, 1.807) is 12.1 Å². The molecule has 0 radical (unpaired) electrons. The van der Waals surface area contributed by atoms with Crippen molar-refractivity contribution >= 4 is 23.4 Å². The molecule has 4 aromatic rings. The van der Waals surface area contributed by atoms with Gasteiger partial charge < -0.3 is 19.9 Å². The molecular weight excluding hydrogens is 578 g/mol. The lowest BCUT2D eigenvalue weighted by molar-refractivity contribution is -0.129. The number of nitrogens with one attached hydrogen (secondary N) is 1. The number of amides is 1. The van der Waals surface area contributed by atoms with Gasteiger partial charge in [-0.25, -0.2) is 4.99 Å². The molecule has 0 aromatic heterocycles. The summed E-state index contributed by atoms with van der Waals surface area (Å²) < 4.78 is 12.3. The second-order valence-corrected chi connectivity index (χ2v) is 10.8. The van der Waals surface area contributed by atoms with Gasteiger partial charge in [-0.1, -0.05) is 83.4 Å². The molecule has 5 rings (SSSR count). The van der Waals surface area contributed by atoms with E-state index in [4.69, 9.17) is 36.7 Å². The van der Waals surface area contributed by atoms with Crippen LogP contribution in [-0.2, 0) is 29.0 Å². The smallest absolute Gasteiger partial charge is 0.252 e. The Morgan fingerprint density at radius 1 is 1.00 bits per heavy atom. The molecule has 0 fully saturated rings. The van der Waals surface area contributed by atoms with Crippen molar-refractivity contribution < 1.29 is 19.4 Å². The third-order valence-corrected chi connectivity index (χ3v) is 7.63. The van der Waals surface area contributed by atoms with Gasteiger partial charge in [0, 0.05) is 41.5 Å². The van der Waals surface area contributed by atoms with Gasteiger partial charge in [0.1, 0.15) is 5.75 Å². The second kappa shape index (κ2) is 14.6. The number of hydrogen-bond acceptors (Lipinski definition) is 6. The number of rotatable bonds is 13.